The highest BCUT2D eigenvalue weighted by atomic mass is 35.5. The Bertz CT molecular complexity index is 729. The first-order chi connectivity index (χ1) is 11.8. The van der Waals surface area contributed by atoms with E-state index in [9.17, 15) is 0 Å². The molecule has 2 rings (SSSR count). The molecule has 0 atom stereocenters. The highest BCUT2D eigenvalue weighted by molar-refractivity contribution is 7.80. The minimum absolute atomic E-state index is 0.174. The molecule has 0 spiro atoms. The molecule has 0 amide bonds. The van der Waals surface area contributed by atoms with Crippen molar-refractivity contribution in [3.63, 3.8) is 0 Å². The van der Waals surface area contributed by atoms with Crippen molar-refractivity contribution in [3.8, 4) is 11.5 Å². The monoisotopic (exact) mass is 377 g/mol. The Morgan fingerprint density at radius 2 is 1.72 bits per heavy atom. The van der Waals surface area contributed by atoms with Crippen molar-refractivity contribution in [2.75, 3.05) is 13.2 Å². The summed E-state index contributed by atoms with van der Waals surface area (Å²) in [4.78, 5) is 0.257. The minimum Gasteiger partial charge on any atom is -0.490 e. The Morgan fingerprint density at radius 3 is 2.32 bits per heavy atom. The second kappa shape index (κ2) is 8.54. The van der Waals surface area contributed by atoms with Crippen LogP contribution in [0.5, 0.6) is 11.5 Å². The fourth-order valence-electron chi connectivity index (χ4n) is 2.34. The summed E-state index contributed by atoms with van der Waals surface area (Å²) < 4.78 is 11.5. The standard InChI is InChI=1S/C20H24ClNO2S/c1-4-20(2,3)14-5-8-16(9-6-14)23-11-12-24-18-10-7-15(21)13-17(18)19(22)25/h5-10,13H,4,11-12H2,1-3H3,(H2,22,25). The third-order valence-corrected chi connectivity index (χ3v) is 4.79. The lowest BCUT2D eigenvalue weighted by Gasteiger charge is -2.23. The molecule has 2 N–H and O–H groups in total. The summed E-state index contributed by atoms with van der Waals surface area (Å²) in [5, 5.41) is 0.571. The second-order valence-corrected chi connectivity index (χ2v) is 7.34. The molecule has 2 aromatic carbocycles. The van der Waals surface area contributed by atoms with E-state index in [1.165, 1.54) is 5.56 Å². The minimum atomic E-state index is 0.174. The molecule has 3 nitrogen and oxygen atoms in total. The van der Waals surface area contributed by atoms with Crippen LogP contribution in [0.1, 0.15) is 38.3 Å². The van der Waals surface area contributed by atoms with Gasteiger partial charge in [-0.15, -0.1) is 0 Å². The van der Waals surface area contributed by atoms with Crippen LogP contribution < -0.4 is 15.2 Å². The van der Waals surface area contributed by atoms with Gasteiger partial charge in [0.2, 0.25) is 0 Å². The predicted molar refractivity (Wildman–Crippen MR) is 108 cm³/mol. The van der Waals surface area contributed by atoms with Crippen molar-refractivity contribution in [1.82, 2.24) is 0 Å². The average Bonchev–Trinajstić information content (AvgIpc) is 2.60. The van der Waals surface area contributed by atoms with E-state index in [0.717, 1.165) is 12.2 Å². The molecule has 25 heavy (non-hydrogen) atoms. The van der Waals surface area contributed by atoms with Gasteiger partial charge in [-0.2, -0.15) is 0 Å². The quantitative estimate of drug-likeness (QED) is 0.512. The van der Waals surface area contributed by atoms with Crippen LogP contribution in [-0.2, 0) is 5.41 Å². The highest BCUT2D eigenvalue weighted by Gasteiger charge is 2.17. The van der Waals surface area contributed by atoms with Crippen LogP contribution in [0, 0.1) is 0 Å². The van der Waals surface area contributed by atoms with Gasteiger partial charge in [0.15, 0.2) is 0 Å². The number of benzene rings is 2. The summed E-state index contributed by atoms with van der Waals surface area (Å²) in [6.45, 7) is 7.49. The lowest BCUT2D eigenvalue weighted by atomic mass is 9.82. The summed E-state index contributed by atoms with van der Waals surface area (Å²) in [5.74, 6) is 1.44. The molecule has 0 aromatic heterocycles. The number of rotatable bonds is 8. The first-order valence-electron chi connectivity index (χ1n) is 8.29. The van der Waals surface area contributed by atoms with Gasteiger partial charge in [-0.05, 0) is 47.7 Å². The number of hydrogen-bond acceptors (Lipinski definition) is 3. The molecule has 0 unspecified atom stereocenters. The van der Waals surface area contributed by atoms with E-state index in [1.807, 2.05) is 12.1 Å². The van der Waals surface area contributed by atoms with Crippen LogP contribution in [0.3, 0.4) is 0 Å². The first kappa shape index (κ1) is 19.5. The molecule has 0 saturated heterocycles. The maximum absolute atomic E-state index is 5.96. The molecule has 134 valence electrons. The average molecular weight is 378 g/mol. The van der Waals surface area contributed by atoms with Crippen molar-refractivity contribution >= 4 is 28.8 Å². The highest BCUT2D eigenvalue weighted by Crippen LogP contribution is 2.28. The fourth-order valence-corrected chi connectivity index (χ4v) is 2.67. The molecule has 0 radical (unpaired) electrons. The zero-order valence-corrected chi connectivity index (χ0v) is 16.4. The van der Waals surface area contributed by atoms with E-state index in [1.54, 1.807) is 18.2 Å². The number of ether oxygens (including phenoxy) is 2. The van der Waals surface area contributed by atoms with E-state index in [4.69, 9.17) is 39.0 Å². The summed E-state index contributed by atoms with van der Waals surface area (Å²) >= 11 is 11.0. The summed E-state index contributed by atoms with van der Waals surface area (Å²) in [5.41, 5.74) is 7.81. The molecule has 0 bridgehead atoms. The van der Waals surface area contributed by atoms with E-state index < -0.39 is 0 Å². The van der Waals surface area contributed by atoms with Gasteiger partial charge < -0.3 is 15.2 Å². The van der Waals surface area contributed by atoms with Crippen LogP contribution >= 0.6 is 23.8 Å². The van der Waals surface area contributed by atoms with E-state index in [2.05, 4.69) is 32.9 Å². The number of nitrogens with two attached hydrogens (primary N) is 1. The lowest BCUT2D eigenvalue weighted by Crippen LogP contribution is -2.16. The van der Waals surface area contributed by atoms with Crippen molar-refractivity contribution in [2.24, 2.45) is 5.73 Å². The molecule has 0 saturated carbocycles. The molecule has 0 heterocycles. The molecule has 0 aliphatic heterocycles. The Balaban J connectivity index is 1.89. The SMILES string of the molecule is CCC(C)(C)c1ccc(OCCOc2ccc(Cl)cc2C(N)=S)cc1. The van der Waals surface area contributed by atoms with Crippen molar-refractivity contribution in [2.45, 2.75) is 32.6 Å². The van der Waals surface area contributed by atoms with Crippen molar-refractivity contribution < 1.29 is 9.47 Å². The van der Waals surface area contributed by atoms with Crippen molar-refractivity contribution in [3.05, 3.63) is 58.6 Å². The number of hydrogen-bond donors (Lipinski definition) is 1. The fraction of sp³-hybridized carbons (Fsp3) is 0.350. The maximum atomic E-state index is 5.96. The maximum Gasteiger partial charge on any atom is 0.129 e. The van der Waals surface area contributed by atoms with Crippen LogP contribution in [0.15, 0.2) is 42.5 Å². The van der Waals surface area contributed by atoms with Gasteiger partial charge >= 0.3 is 0 Å². The molecule has 0 aliphatic rings. The Morgan fingerprint density at radius 1 is 1.08 bits per heavy atom. The molecule has 2 aromatic rings. The molecule has 5 heteroatoms. The topological polar surface area (TPSA) is 44.5 Å². The largest absolute Gasteiger partial charge is 0.490 e. The predicted octanol–water partition coefficient (Wildman–Crippen LogP) is 5.12. The van der Waals surface area contributed by atoms with Crippen LogP contribution in [-0.4, -0.2) is 18.2 Å². The first-order valence-corrected chi connectivity index (χ1v) is 9.07. The smallest absolute Gasteiger partial charge is 0.129 e. The van der Waals surface area contributed by atoms with Gasteiger partial charge in [0.05, 0.1) is 5.56 Å². The molecule has 0 aliphatic carbocycles. The molecule has 0 fully saturated rings. The third-order valence-electron chi connectivity index (χ3n) is 4.34. The Labute approximate surface area is 160 Å². The van der Waals surface area contributed by atoms with Gasteiger partial charge in [0, 0.05) is 5.02 Å². The molecular formula is C20H24ClNO2S. The van der Waals surface area contributed by atoms with Crippen LogP contribution in [0.4, 0.5) is 0 Å². The lowest BCUT2D eigenvalue weighted by molar-refractivity contribution is 0.217. The summed E-state index contributed by atoms with van der Waals surface area (Å²) in [7, 11) is 0. The third kappa shape index (κ3) is 5.35. The zero-order chi connectivity index (χ0) is 18.4. The summed E-state index contributed by atoms with van der Waals surface area (Å²) in [6, 6.07) is 13.4. The Hall–Kier alpha value is -1.78. The van der Waals surface area contributed by atoms with Gasteiger partial charge in [-0.25, -0.2) is 0 Å². The normalized spacial score (nSPS) is 11.2. The van der Waals surface area contributed by atoms with Crippen LogP contribution in [0.2, 0.25) is 5.02 Å². The van der Waals surface area contributed by atoms with E-state index >= 15 is 0 Å². The summed E-state index contributed by atoms with van der Waals surface area (Å²) in [6.07, 6.45) is 1.09. The molecular weight excluding hydrogens is 354 g/mol. The van der Waals surface area contributed by atoms with Crippen molar-refractivity contribution in [1.29, 1.82) is 0 Å². The second-order valence-electron chi connectivity index (χ2n) is 6.46. The van der Waals surface area contributed by atoms with Crippen LogP contribution in [0.25, 0.3) is 0 Å². The van der Waals surface area contributed by atoms with Gasteiger partial charge in [0.25, 0.3) is 0 Å². The van der Waals surface area contributed by atoms with Gasteiger partial charge in [0.1, 0.15) is 29.7 Å². The number of halogens is 1. The number of thiocarbonyl (C=S) groups is 1. The van der Waals surface area contributed by atoms with Gasteiger partial charge in [-0.1, -0.05) is 56.7 Å². The Kier molecular flexibility index (Phi) is 6.68. The van der Waals surface area contributed by atoms with E-state index in [0.29, 0.717) is 29.5 Å². The van der Waals surface area contributed by atoms with E-state index in [-0.39, 0.29) is 10.4 Å². The zero-order valence-electron chi connectivity index (χ0n) is 14.8. The van der Waals surface area contributed by atoms with Gasteiger partial charge in [-0.3, -0.25) is 0 Å².